The van der Waals surface area contributed by atoms with Crippen LogP contribution in [0.4, 0.5) is 0 Å². The quantitative estimate of drug-likeness (QED) is 0.917. The average Bonchev–Trinajstić information content (AvgIpc) is 3.01. The second-order valence-corrected chi connectivity index (χ2v) is 7.26. The Kier molecular flexibility index (Phi) is 4.65. The van der Waals surface area contributed by atoms with E-state index in [2.05, 4.69) is 17.3 Å². The molecule has 2 atom stereocenters. The third-order valence-corrected chi connectivity index (χ3v) is 5.64. The van der Waals surface area contributed by atoms with Gasteiger partial charge < -0.3 is 10.2 Å². The van der Waals surface area contributed by atoms with Gasteiger partial charge in [-0.2, -0.15) is 5.10 Å². The summed E-state index contributed by atoms with van der Waals surface area (Å²) in [5.74, 6) is 0.164. The molecule has 0 aromatic carbocycles. The lowest BCUT2D eigenvalue weighted by molar-refractivity contribution is -0.138. The van der Waals surface area contributed by atoms with E-state index in [9.17, 15) is 9.59 Å². The highest BCUT2D eigenvalue weighted by molar-refractivity contribution is 5.88. The van der Waals surface area contributed by atoms with E-state index in [-0.39, 0.29) is 23.8 Å². The lowest BCUT2D eigenvalue weighted by atomic mass is 9.84. The molecule has 2 heterocycles. The molecule has 1 saturated heterocycles. The molecule has 0 radical (unpaired) electrons. The highest BCUT2D eigenvalue weighted by atomic mass is 16.2. The van der Waals surface area contributed by atoms with Crippen molar-refractivity contribution in [2.45, 2.75) is 65.0 Å². The number of aryl methyl sites for hydroxylation is 2. The SMILES string of the molecule is Cc1nn(C)c(C)c1C1CCCN1C(=O)C(C)NC(=O)C1CCC1. The number of hydrogen-bond donors (Lipinski definition) is 1. The van der Waals surface area contributed by atoms with E-state index in [4.69, 9.17) is 0 Å². The van der Waals surface area contributed by atoms with Gasteiger partial charge in [0.05, 0.1) is 11.7 Å². The van der Waals surface area contributed by atoms with Crippen LogP contribution in [0.25, 0.3) is 0 Å². The Morgan fingerprint density at radius 1 is 1.21 bits per heavy atom. The Bertz CT molecular complexity index is 648. The van der Waals surface area contributed by atoms with Crippen LogP contribution in [0.2, 0.25) is 0 Å². The summed E-state index contributed by atoms with van der Waals surface area (Å²) in [6, 6.07) is -0.384. The average molecular weight is 332 g/mol. The molecule has 2 amide bonds. The number of nitrogens with zero attached hydrogens (tertiary/aromatic N) is 3. The molecule has 2 unspecified atom stereocenters. The van der Waals surface area contributed by atoms with Crippen LogP contribution in [-0.4, -0.2) is 39.1 Å². The Morgan fingerprint density at radius 3 is 2.46 bits per heavy atom. The molecular formula is C18H28N4O2. The number of amides is 2. The van der Waals surface area contributed by atoms with Crippen molar-refractivity contribution in [3.63, 3.8) is 0 Å². The Hall–Kier alpha value is -1.85. The number of aromatic nitrogens is 2. The van der Waals surface area contributed by atoms with Gasteiger partial charge in [0.15, 0.2) is 0 Å². The Morgan fingerprint density at radius 2 is 1.92 bits per heavy atom. The summed E-state index contributed by atoms with van der Waals surface area (Å²) in [4.78, 5) is 27.0. The van der Waals surface area contributed by atoms with Gasteiger partial charge in [0.2, 0.25) is 11.8 Å². The van der Waals surface area contributed by atoms with Crippen molar-refractivity contribution in [2.24, 2.45) is 13.0 Å². The zero-order chi connectivity index (χ0) is 17.4. The topological polar surface area (TPSA) is 67.2 Å². The standard InChI is InChI=1S/C18H28N4O2/c1-11-16(13(3)21(4)20-11)15-9-6-10-22(15)18(24)12(2)19-17(23)14-7-5-8-14/h12,14-15H,5-10H2,1-4H3,(H,19,23). The van der Waals surface area contributed by atoms with Gasteiger partial charge in [-0.3, -0.25) is 14.3 Å². The second-order valence-electron chi connectivity index (χ2n) is 7.26. The van der Waals surface area contributed by atoms with Crippen LogP contribution in [0.1, 0.15) is 62.0 Å². The molecule has 3 rings (SSSR count). The number of hydrogen-bond acceptors (Lipinski definition) is 3. The number of carbonyl (C=O) groups is 2. The molecule has 1 aliphatic heterocycles. The predicted octanol–water partition coefficient (Wildman–Crippen LogP) is 2.01. The summed E-state index contributed by atoms with van der Waals surface area (Å²) in [7, 11) is 1.94. The van der Waals surface area contributed by atoms with Gasteiger partial charge in [0, 0.05) is 30.8 Å². The fourth-order valence-corrected chi connectivity index (χ4v) is 3.91. The van der Waals surface area contributed by atoms with Crippen LogP contribution in [0.5, 0.6) is 0 Å². The number of carbonyl (C=O) groups excluding carboxylic acids is 2. The van der Waals surface area contributed by atoms with Crippen LogP contribution < -0.4 is 5.32 Å². The Balaban J connectivity index is 1.72. The molecule has 24 heavy (non-hydrogen) atoms. The normalized spacial score (nSPS) is 22.3. The van der Waals surface area contributed by atoms with Crippen LogP contribution in [0, 0.1) is 19.8 Å². The van der Waals surface area contributed by atoms with Crippen molar-refractivity contribution in [1.29, 1.82) is 0 Å². The van der Waals surface area contributed by atoms with Gasteiger partial charge in [0.1, 0.15) is 6.04 Å². The largest absolute Gasteiger partial charge is 0.344 e. The Labute approximate surface area is 143 Å². The molecule has 6 heteroatoms. The molecule has 1 aromatic heterocycles. The molecule has 1 saturated carbocycles. The van der Waals surface area contributed by atoms with Gasteiger partial charge in [-0.15, -0.1) is 0 Å². The van der Waals surface area contributed by atoms with Gasteiger partial charge in [0.25, 0.3) is 0 Å². The predicted molar refractivity (Wildman–Crippen MR) is 91.3 cm³/mol. The minimum Gasteiger partial charge on any atom is -0.344 e. The van der Waals surface area contributed by atoms with Gasteiger partial charge in [-0.05, 0) is 46.5 Å². The first kappa shape index (κ1) is 17.0. The van der Waals surface area contributed by atoms with E-state index >= 15 is 0 Å². The number of nitrogens with one attached hydrogen (secondary N) is 1. The molecule has 132 valence electrons. The van der Waals surface area contributed by atoms with Crippen molar-refractivity contribution in [1.82, 2.24) is 20.0 Å². The maximum Gasteiger partial charge on any atom is 0.245 e. The maximum absolute atomic E-state index is 12.9. The van der Waals surface area contributed by atoms with Crippen LogP contribution in [0.3, 0.4) is 0 Å². The third kappa shape index (κ3) is 2.94. The van der Waals surface area contributed by atoms with E-state index in [0.717, 1.165) is 50.0 Å². The summed E-state index contributed by atoms with van der Waals surface area (Å²) in [6.45, 7) is 6.61. The molecule has 0 spiro atoms. The lowest BCUT2D eigenvalue weighted by Crippen LogP contribution is -2.49. The minimum absolute atomic E-state index is 0.0211. The maximum atomic E-state index is 12.9. The number of likely N-dealkylation sites (tertiary alicyclic amines) is 1. The molecule has 2 aliphatic rings. The summed E-state index contributed by atoms with van der Waals surface area (Å²) in [5, 5.41) is 7.41. The summed E-state index contributed by atoms with van der Waals surface area (Å²) in [6.07, 6.45) is 4.98. The summed E-state index contributed by atoms with van der Waals surface area (Å²) < 4.78 is 1.88. The molecular weight excluding hydrogens is 304 g/mol. The van der Waals surface area contributed by atoms with Crippen LogP contribution in [0.15, 0.2) is 0 Å². The van der Waals surface area contributed by atoms with Crippen molar-refractivity contribution >= 4 is 11.8 Å². The monoisotopic (exact) mass is 332 g/mol. The van der Waals surface area contributed by atoms with Crippen LogP contribution in [-0.2, 0) is 16.6 Å². The van der Waals surface area contributed by atoms with Gasteiger partial charge in [-0.1, -0.05) is 6.42 Å². The van der Waals surface area contributed by atoms with E-state index in [0.29, 0.717) is 0 Å². The highest BCUT2D eigenvalue weighted by Crippen LogP contribution is 2.35. The molecule has 6 nitrogen and oxygen atoms in total. The zero-order valence-corrected chi connectivity index (χ0v) is 15.1. The second kappa shape index (κ2) is 6.57. The molecule has 1 aromatic rings. The van der Waals surface area contributed by atoms with Crippen molar-refractivity contribution < 1.29 is 9.59 Å². The van der Waals surface area contributed by atoms with E-state index in [1.165, 1.54) is 5.56 Å². The number of rotatable bonds is 4. The van der Waals surface area contributed by atoms with Crippen molar-refractivity contribution in [2.75, 3.05) is 6.54 Å². The lowest BCUT2D eigenvalue weighted by Gasteiger charge is -2.30. The molecule has 0 bridgehead atoms. The molecule has 1 aliphatic carbocycles. The molecule has 1 N–H and O–H groups in total. The molecule has 2 fully saturated rings. The smallest absolute Gasteiger partial charge is 0.245 e. The third-order valence-electron chi connectivity index (χ3n) is 5.64. The fourth-order valence-electron chi connectivity index (χ4n) is 3.91. The highest BCUT2D eigenvalue weighted by Gasteiger charge is 2.36. The van der Waals surface area contributed by atoms with E-state index in [1.807, 2.05) is 23.6 Å². The first-order valence-electron chi connectivity index (χ1n) is 9.01. The summed E-state index contributed by atoms with van der Waals surface area (Å²) >= 11 is 0. The zero-order valence-electron chi connectivity index (χ0n) is 15.1. The fraction of sp³-hybridized carbons (Fsp3) is 0.722. The van der Waals surface area contributed by atoms with Crippen LogP contribution >= 0.6 is 0 Å². The first-order chi connectivity index (χ1) is 11.4. The van der Waals surface area contributed by atoms with Gasteiger partial charge >= 0.3 is 0 Å². The first-order valence-corrected chi connectivity index (χ1v) is 9.01. The van der Waals surface area contributed by atoms with Crippen molar-refractivity contribution in [3.8, 4) is 0 Å². The van der Waals surface area contributed by atoms with E-state index in [1.54, 1.807) is 6.92 Å². The van der Waals surface area contributed by atoms with E-state index < -0.39 is 6.04 Å². The summed E-state index contributed by atoms with van der Waals surface area (Å²) in [5.41, 5.74) is 3.27. The minimum atomic E-state index is -0.462. The van der Waals surface area contributed by atoms with Gasteiger partial charge in [-0.25, -0.2) is 0 Å². The van der Waals surface area contributed by atoms with Crippen molar-refractivity contribution in [3.05, 3.63) is 17.0 Å².